The van der Waals surface area contributed by atoms with Gasteiger partial charge >= 0.3 is 5.63 Å². The quantitative estimate of drug-likeness (QED) is 0.242. The van der Waals surface area contributed by atoms with Gasteiger partial charge in [-0.25, -0.2) is 4.79 Å². The van der Waals surface area contributed by atoms with Gasteiger partial charge in [0.1, 0.15) is 22.8 Å². The predicted molar refractivity (Wildman–Crippen MR) is 150 cm³/mol. The number of para-hydroxylation sites is 1. The van der Waals surface area contributed by atoms with E-state index in [2.05, 4.69) is 6.08 Å². The van der Waals surface area contributed by atoms with Crippen LogP contribution in [0.2, 0.25) is 0 Å². The van der Waals surface area contributed by atoms with Crippen molar-refractivity contribution in [3.8, 4) is 17.2 Å². The van der Waals surface area contributed by atoms with Crippen molar-refractivity contribution >= 4 is 27.9 Å². The number of benzene rings is 2. The van der Waals surface area contributed by atoms with Crippen LogP contribution in [0.3, 0.4) is 0 Å². The van der Waals surface area contributed by atoms with Gasteiger partial charge in [0, 0.05) is 36.9 Å². The number of pyridine rings is 1. The number of ether oxygens (including phenoxy) is 3. The van der Waals surface area contributed by atoms with Crippen LogP contribution < -0.4 is 25.4 Å². The van der Waals surface area contributed by atoms with Crippen LogP contribution in [0.25, 0.3) is 27.9 Å². The van der Waals surface area contributed by atoms with E-state index >= 15 is 0 Å². The highest BCUT2D eigenvalue weighted by Crippen LogP contribution is 2.45. The minimum Gasteiger partial charge on any atom is -0.496 e. The van der Waals surface area contributed by atoms with Gasteiger partial charge in [-0.15, -0.1) is 0 Å². The van der Waals surface area contributed by atoms with Crippen LogP contribution in [0.5, 0.6) is 17.2 Å². The Balaban J connectivity index is 1.71. The van der Waals surface area contributed by atoms with E-state index in [4.69, 9.17) is 18.6 Å². The second-order valence-corrected chi connectivity index (χ2v) is 10.1. The fourth-order valence-corrected chi connectivity index (χ4v) is 5.34. The fraction of sp³-hybridized carbons (Fsp3) is 0.290. The third kappa shape index (κ3) is 4.28. The smallest absolute Gasteiger partial charge is 0.336 e. The number of allylic oxidation sites excluding steroid dienone is 2. The summed E-state index contributed by atoms with van der Waals surface area (Å²) in [6.07, 6.45) is 6.49. The highest BCUT2D eigenvalue weighted by molar-refractivity contribution is 5.93. The van der Waals surface area contributed by atoms with Gasteiger partial charge < -0.3 is 23.2 Å². The molecule has 1 aliphatic rings. The van der Waals surface area contributed by atoms with Crippen LogP contribution in [-0.2, 0) is 7.05 Å². The van der Waals surface area contributed by atoms with E-state index in [0.29, 0.717) is 45.8 Å². The lowest BCUT2D eigenvalue weighted by molar-refractivity contribution is 0.110. The molecule has 0 saturated heterocycles. The van der Waals surface area contributed by atoms with Gasteiger partial charge in [-0.05, 0) is 51.1 Å². The van der Waals surface area contributed by atoms with Gasteiger partial charge in [0.05, 0.1) is 36.2 Å². The number of fused-ring (bicyclic) bond motifs is 4. The molecule has 0 amide bonds. The Kier molecular flexibility index (Phi) is 6.39. The van der Waals surface area contributed by atoms with Crippen LogP contribution in [0.4, 0.5) is 0 Å². The van der Waals surface area contributed by atoms with Gasteiger partial charge in [-0.2, -0.15) is 0 Å². The molecule has 1 aliphatic heterocycles. The summed E-state index contributed by atoms with van der Waals surface area (Å²) >= 11 is 0. The summed E-state index contributed by atoms with van der Waals surface area (Å²) in [6.45, 7) is 6.06. The molecule has 0 bridgehead atoms. The zero-order valence-corrected chi connectivity index (χ0v) is 22.5. The first-order valence-corrected chi connectivity index (χ1v) is 12.5. The molecule has 7 heteroatoms. The van der Waals surface area contributed by atoms with Crippen LogP contribution >= 0.6 is 0 Å². The van der Waals surface area contributed by atoms with Crippen molar-refractivity contribution in [2.24, 2.45) is 7.05 Å². The van der Waals surface area contributed by atoms with E-state index in [1.807, 2.05) is 57.2 Å². The van der Waals surface area contributed by atoms with Crippen LogP contribution in [0, 0.1) is 0 Å². The van der Waals surface area contributed by atoms with Crippen molar-refractivity contribution in [2.75, 3.05) is 14.2 Å². The molecule has 0 spiro atoms. The Labute approximate surface area is 220 Å². The zero-order valence-electron chi connectivity index (χ0n) is 22.5. The second kappa shape index (κ2) is 9.56. The molecule has 196 valence electrons. The Morgan fingerprint density at radius 1 is 1.05 bits per heavy atom. The van der Waals surface area contributed by atoms with Crippen LogP contribution in [0.15, 0.2) is 74.2 Å². The number of rotatable bonds is 5. The van der Waals surface area contributed by atoms with Crippen molar-refractivity contribution in [2.45, 2.75) is 38.7 Å². The molecule has 0 unspecified atom stereocenters. The number of methoxy groups -OCH3 is 2. The summed E-state index contributed by atoms with van der Waals surface area (Å²) in [6, 6.07) is 12.6. The third-order valence-electron chi connectivity index (χ3n) is 7.07. The zero-order chi connectivity index (χ0) is 27.2. The third-order valence-corrected chi connectivity index (χ3v) is 7.07. The second-order valence-electron chi connectivity index (χ2n) is 10.1. The van der Waals surface area contributed by atoms with E-state index in [0.717, 1.165) is 16.5 Å². The summed E-state index contributed by atoms with van der Waals surface area (Å²) in [5.74, 6) is 1.49. The Bertz CT molecular complexity index is 1740. The predicted octanol–water partition coefficient (Wildman–Crippen LogP) is 5.97. The Morgan fingerprint density at radius 3 is 2.50 bits per heavy atom. The van der Waals surface area contributed by atoms with E-state index in [1.165, 1.54) is 6.07 Å². The molecule has 38 heavy (non-hydrogen) atoms. The molecule has 7 nitrogen and oxygen atoms in total. The molecule has 0 N–H and O–H groups in total. The lowest BCUT2D eigenvalue weighted by Crippen LogP contribution is -2.39. The fourth-order valence-electron chi connectivity index (χ4n) is 5.34. The summed E-state index contributed by atoms with van der Waals surface area (Å²) in [4.78, 5) is 25.6. The van der Waals surface area contributed by atoms with Crippen molar-refractivity contribution in [1.29, 1.82) is 0 Å². The maximum atomic E-state index is 13.5. The summed E-state index contributed by atoms with van der Waals surface area (Å²) in [7, 11) is 4.91. The van der Waals surface area contributed by atoms with Gasteiger partial charge in [-0.3, -0.25) is 4.79 Å². The largest absolute Gasteiger partial charge is 0.496 e. The number of hydrogen-bond acceptors (Lipinski definition) is 6. The van der Waals surface area contributed by atoms with E-state index in [1.54, 1.807) is 38.0 Å². The SMILES string of the molecule is COc1cc(OC)c2ccc(=O)oc2c1/C=C/[C@@]1(C)C[C@@H](C=C(C)C)c2c(c3ccccc3n(C)c2=O)O1. The standard InChI is InChI=1S/C31H31NO6/c1-18(2)15-19-17-31(3,38-29-20-9-7-8-10-23(20)32(4)30(34)27(19)29)14-13-22-25(36-6)16-24(35-5)21-11-12-26(33)37-28(21)22/h7-16,19H,17H2,1-6H3/b14-13+/t19-,31+/m1/s1. The van der Waals surface area contributed by atoms with Gasteiger partial charge in [-0.1, -0.05) is 23.8 Å². The molecule has 0 saturated carbocycles. The topological polar surface area (TPSA) is 79.9 Å². The molecule has 2 aromatic carbocycles. The Hall–Kier alpha value is -4.26. The normalized spacial score (nSPS) is 18.8. The lowest BCUT2D eigenvalue weighted by atomic mass is 9.81. The van der Waals surface area contributed by atoms with Crippen molar-refractivity contribution in [3.05, 3.63) is 92.1 Å². The van der Waals surface area contributed by atoms with Gasteiger partial charge in [0.25, 0.3) is 5.56 Å². The first kappa shape index (κ1) is 25.4. The molecule has 0 radical (unpaired) electrons. The maximum absolute atomic E-state index is 13.5. The summed E-state index contributed by atoms with van der Waals surface area (Å²) in [5, 5.41) is 1.54. The summed E-state index contributed by atoms with van der Waals surface area (Å²) < 4.78 is 25.1. The van der Waals surface area contributed by atoms with E-state index in [-0.39, 0.29) is 11.5 Å². The van der Waals surface area contributed by atoms with Gasteiger partial charge in [0.15, 0.2) is 5.58 Å². The molecule has 0 fully saturated rings. The minimum absolute atomic E-state index is 0.0585. The molecular weight excluding hydrogens is 482 g/mol. The first-order valence-electron chi connectivity index (χ1n) is 12.5. The minimum atomic E-state index is -0.773. The summed E-state index contributed by atoms with van der Waals surface area (Å²) in [5.41, 5.74) is 2.26. The van der Waals surface area contributed by atoms with Crippen LogP contribution in [-0.4, -0.2) is 24.4 Å². The van der Waals surface area contributed by atoms with Gasteiger partial charge in [0.2, 0.25) is 0 Å². The van der Waals surface area contributed by atoms with E-state index < -0.39 is 11.2 Å². The first-order chi connectivity index (χ1) is 18.2. The molecule has 4 aromatic rings. The Morgan fingerprint density at radius 2 is 1.79 bits per heavy atom. The average molecular weight is 514 g/mol. The highest BCUT2D eigenvalue weighted by Gasteiger charge is 2.38. The molecule has 5 rings (SSSR count). The van der Waals surface area contributed by atoms with E-state index in [9.17, 15) is 9.59 Å². The molecule has 2 aromatic heterocycles. The number of nitrogens with zero attached hydrogens (tertiary/aromatic N) is 1. The highest BCUT2D eigenvalue weighted by atomic mass is 16.5. The monoisotopic (exact) mass is 513 g/mol. The molecular formula is C31H31NO6. The lowest BCUT2D eigenvalue weighted by Gasteiger charge is -2.38. The number of aryl methyl sites for hydroxylation is 1. The van der Waals surface area contributed by atoms with Crippen molar-refractivity contribution in [3.63, 3.8) is 0 Å². The average Bonchev–Trinajstić information content (AvgIpc) is 2.89. The molecule has 2 atom stereocenters. The molecule has 0 aliphatic carbocycles. The van der Waals surface area contributed by atoms with Crippen molar-refractivity contribution < 1.29 is 18.6 Å². The maximum Gasteiger partial charge on any atom is 0.336 e. The van der Waals surface area contributed by atoms with Crippen LogP contribution in [0.1, 0.15) is 44.2 Å². The number of aromatic nitrogens is 1. The number of hydrogen-bond donors (Lipinski definition) is 0. The molecule has 3 heterocycles. The van der Waals surface area contributed by atoms with Crippen molar-refractivity contribution in [1.82, 2.24) is 4.57 Å².